The first-order valence-corrected chi connectivity index (χ1v) is 4.62. The van der Waals surface area contributed by atoms with E-state index in [1.165, 1.54) is 12.1 Å². The maximum atomic E-state index is 12.2. The SMILES string of the molecule is Cc1c(N)cc(C[B-](F)(F)F)cc1CN.[K+]. The molecule has 0 saturated heterocycles. The Bertz CT molecular complexity index is 369. The maximum Gasteiger partial charge on any atom is 1.00 e. The fraction of sp³-hybridized carbons (Fsp3) is 0.333. The summed E-state index contributed by atoms with van der Waals surface area (Å²) in [6.45, 7) is -2.87. The second kappa shape index (κ2) is 6.42. The largest absolute Gasteiger partial charge is 1.00 e. The molecule has 0 radical (unpaired) electrons. The smallest absolute Gasteiger partial charge is 0.449 e. The van der Waals surface area contributed by atoms with Gasteiger partial charge in [0.15, 0.2) is 0 Å². The molecule has 0 heterocycles. The molecular formula is C9H13BF3KN2. The Morgan fingerprint density at radius 2 is 1.81 bits per heavy atom. The number of rotatable bonds is 3. The molecule has 7 heteroatoms. The van der Waals surface area contributed by atoms with Crippen molar-refractivity contribution in [1.82, 2.24) is 0 Å². The number of nitrogens with two attached hydrogens (primary N) is 2. The molecular weight excluding hydrogens is 243 g/mol. The molecule has 4 N–H and O–H groups in total. The number of hydrogen-bond acceptors (Lipinski definition) is 2. The number of anilines is 1. The average molecular weight is 256 g/mol. The molecule has 0 unspecified atom stereocenters. The topological polar surface area (TPSA) is 52.0 Å². The molecule has 0 atom stereocenters. The Morgan fingerprint density at radius 3 is 2.25 bits per heavy atom. The maximum absolute atomic E-state index is 12.2. The number of nitrogen functional groups attached to an aromatic ring is 1. The van der Waals surface area contributed by atoms with Gasteiger partial charge in [0.25, 0.3) is 0 Å². The van der Waals surface area contributed by atoms with E-state index in [1.807, 2.05) is 0 Å². The molecule has 0 fully saturated rings. The molecule has 0 aliphatic carbocycles. The van der Waals surface area contributed by atoms with Crippen molar-refractivity contribution >= 4 is 12.7 Å². The van der Waals surface area contributed by atoms with Crippen LogP contribution in [0, 0.1) is 6.92 Å². The van der Waals surface area contributed by atoms with E-state index in [-0.39, 0.29) is 63.5 Å². The molecule has 0 aliphatic rings. The van der Waals surface area contributed by atoms with Gasteiger partial charge in [-0.2, -0.15) is 0 Å². The fourth-order valence-electron chi connectivity index (χ4n) is 1.46. The molecule has 1 rings (SSSR count). The molecule has 16 heavy (non-hydrogen) atoms. The molecule has 0 amide bonds. The molecule has 0 saturated carbocycles. The van der Waals surface area contributed by atoms with Gasteiger partial charge in [0, 0.05) is 12.2 Å². The van der Waals surface area contributed by atoms with Crippen molar-refractivity contribution in [3.05, 3.63) is 28.8 Å². The van der Waals surface area contributed by atoms with E-state index in [2.05, 4.69) is 0 Å². The van der Waals surface area contributed by atoms with Crippen molar-refractivity contribution < 1.29 is 64.3 Å². The minimum Gasteiger partial charge on any atom is -0.449 e. The summed E-state index contributed by atoms with van der Waals surface area (Å²) in [5.74, 6) is 0. The molecule has 0 aromatic heterocycles. The van der Waals surface area contributed by atoms with Gasteiger partial charge >= 0.3 is 58.4 Å². The first-order valence-electron chi connectivity index (χ1n) is 4.62. The summed E-state index contributed by atoms with van der Waals surface area (Å²) >= 11 is 0. The normalized spacial score (nSPS) is 11.1. The summed E-state index contributed by atoms with van der Waals surface area (Å²) in [5.41, 5.74) is 13.0. The van der Waals surface area contributed by atoms with Crippen LogP contribution in [0.3, 0.4) is 0 Å². The van der Waals surface area contributed by atoms with Crippen LogP contribution in [-0.2, 0) is 12.9 Å². The zero-order valence-electron chi connectivity index (χ0n) is 9.43. The monoisotopic (exact) mass is 256 g/mol. The Kier molecular flexibility index (Phi) is 6.61. The third-order valence-corrected chi connectivity index (χ3v) is 2.30. The van der Waals surface area contributed by atoms with E-state index < -0.39 is 13.3 Å². The van der Waals surface area contributed by atoms with Gasteiger partial charge in [-0.25, -0.2) is 0 Å². The summed E-state index contributed by atoms with van der Waals surface area (Å²) in [7, 11) is 0. The van der Waals surface area contributed by atoms with Crippen LogP contribution >= 0.6 is 0 Å². The van der Waals surface area contributed by atoms with E-state index in [0.29, 0.717) is 11.3 Å². The Labute approximate surface area is 135 Å². The van der Waals surface area contributed by atoms with Crippen LogP contribution < -0.4 is 62.9 Å². The van der Waals surface area contributed by atoms with Crippen LogP contribution in [0.4, 0.5) is 18.6 Å². The molecule has 0 bridgehead atoms. The van der Waals surface area contributed by atoms with Gasteiger partial charge in [-0.15, -0.1) is 0 Å². The van der Waals surface area contributed by atoms with E-state index >= 15 is 0 Å². The Morgan fingerprint density at radius 1 is 1.25 bits per heavy atom. The summed E-state index contributed by atoms with van der Waals surface area (Å²) < 4.78 is 36.6. The van der Waals surface area contributed by atoms with E-state index in [0.717, 1.165) is 5.56 Å². The van der Waals surface area contributed by atoms with Crippen molar-refractivity contribution in [2.24, 2.45) is 5.73 Å². The van der Waals surface area contributed by atoms with Gasteiger partial charge in [0.05, 0.1) is 0 Å². The van der Waals surface area contributed by atoms with Crippen LogP contribution in [0.2, 0.25) is 0 Å². The summed E-state index contributed by atoms with van der Waals surface area (Å²) in [4.78, 5) is 0. The van der Waals surface area contributed by atoms with Gasteiger partial charge in [-0.1, -0.05) is 17.9 Å². The summed E-state index contributed by atoms with van der Waals surface area (Å²) in [6.07, 6.45) is -0.905. The average Bonchev–Trinajstić information content (AvgIpc) is 2.08. The molecule has 2 nitrogen and oxygen atoms in total. The molecule has 0 aliphatic heterocycles. The van der Waals surface area contributed by atoms with Gasteiger partial charge in [0.2, 0.25) is 0 Å². The Balaban J connectivity index is 0.00000225. The summed E-state index contributed by atoms with van der Waals surface area (Å²) in [6, 6.07) is 2.84. The van der Waals surface area contributed by atoms with Crippen molar-refractivity contribution in [3.63, 3.8) is 0 Å². The van der Waals surface area contributed by atoms with Crippen LogP contribution in [0.5, 0.6) is 0 Å². The zero-order valence-corrected chi connectivity index (χ0v) is 12.6. The van der Waals surface area contributed by atoms with Crippen LogP contribution in [0.25, 0.3) is 0 Å². The predicted molar refractivity (Wildman–Crippen MR) is 56.3 cm³/mol. The number of hydrogen-bond donors (Lipinski definition) is 2. The van der Waals surface area contributed by atoms with E-state index in [4.69, 9.17) is 11.5 Å². The zero-order chi connectivity index (χ0) is 11.6. The molecule has 84 valence electrons. The third-order valence-electron chi connectivity index (χ3n) is 2.30. The van der Waals surface area contributed by atoms with E-state index in [1.54, 1.807) is 6.92 Å². The summed E-state index contributed by atoms with van der Waals surface area (Å²) in [5, 5.41) is 0. The Hall–Kier alpha value is 0.471. The van der Waals surface area contributed by atoms with Crippen molar-refractivity contribution in [1.29, 1.82) is 0 Å². The number of halogens is 3. The van der Waals surface area contributed by atoms with Gasteiger partial charge in [0.1, 0.15) is 0 Å². The standard InChI is InChI=1S/C9H13BF3N2.K/c1-6-8(5-14)2-7(3-9(6)15)4-10(11,12)13;/h2-3H,4-5,14-15H2,1H3;/q-1;+1. The van der Waals surface area contributed by atoms with Gasteiger partial charge < -0.3 is 24.4 Å². The third kappa shape index (κ3) is 4.77. The van der Waals surface area contributed by atoms with Crippen LogP contribution in [0.15, 0.2) is 12.1 Å². The molecule has 1 aromatic rings. The predicted octanol–water partition coefficient (Wildman–Crippen LogP) is -1.03. The second-order valence-electron chi connectivity index (χ2n) is 3.59. The van der Waals surface area contributed by atoms with Gasteiger partial charge in [-0.05, 0) is 24.1 Å². The first kappa shape index (κ1) is 16.5. The number of benzene rings is 1. The van der Waals surface area contributed by atoms with E-state index in [9.17, 15) is 12.9 Å². The van der Waals surface area contributed by atoms with Gasteiger partial charge in [-0.3, -0.25) is 0 Å². The van der Waals surface area contributed by atoms with Crippen molar-refractivity contribution in [3.8, 4) is 0 Å². The van der Waals surface area contributed by atoms with Crippen LogP contribution in [-0.4, -0.2) is 6.98 Å². The van der Waals surface area contributed by atoms with Crippen LogP contribution in [0.1, 0.15) is 16.7 Å². The fourth-order valence-corrected chi connectivity index (χ4v) is 1.46. The second-order valence-corrected chi connectivity index (χ2v) is 3.59. The quantitative estimate of drug-likeness (QED) is 0.536. The van der Waals surface area contributed by atoms with Crippen molar-refractivity contribution in [2.75, 3.05) is 5.73 Å². The minimum atomic E-state index is -4.82. The first-order chi connectivity index (χ1) is 6.83. The molecule has 0 spiro atoms. The molecule has 1 aromatic carbocycles. The van der Waals surface area contributed by atoms with Crippen molar-refractivity contribution in [2.45, 2.75) is 19.8 Å². The minimum absolute atomic E-state index is 0.